The van der Waals surface area contributed by atoms with Crippen LogP contribution in [0.2, 0.25) is 0 Å². The Labute approximate surface area is 188 Å². The van der Waals surface area contributed by atoms with Crippen LogP contribution in [-0.4, -0.2) is 24.0 Å². The SMILES string of the molecule is COC(=O)C(=O)Nc1cc(C(F)(F)F)c(Oc2ccc3[nH]cc(C(C)C)c3c2)c(C(F)(F)F)c1. The summed E-state index contributed by atoms with van der Waals surface area (Å²) in [5.74, 6) is -4.76. The number of H-pyrrole nitrogens is 1. The molecule has 1 heterocycles. The third-order valence-corrected chi connectivity index (χ3v) is 4.86. The molecule has 0 saturated carbocycles. The number of rotatable bonds is 4. The molecule has 2 aromatic carbocycles. The molecule has 0 fully saturated rings. The third-order valence-electron chi connectivity index (χ3n) is 4.86. The quantitative estimate of drug-likeness (QED) is 0.259. The number of aromatic amines is 1. The van der Waals surface area contributed by atoms with Crippen molar-refractivity contribution < 1.29 is 45.4 Å². The third kappa shape index (κ3) is 5.10. The van der Waals surface area contributed by atoms with E-state index in [1.807, 2.05) is 13.8 Å². The number of amides is 1. The number of benzene rings is 2. The molecule has 0 saturated heterocycles. The van der Waals surface area contributed by atoms with Crippen LogP contribution < -0.4 is 10.1 Å². The summed E-state index contributed by atoms with van der Waals surface area (Å²) in [5, 5.41) is 2.26. The first-order valence-corrected chi connectivity index (χ1v) is 9.73. The molecule has 0 bridgehead atoms. The summed E-state index contributed by atoms with van der Waals surface area (Å²) < 4.78 is 92.0. The zero-order chi connectivity index (χ0) is 25.4. The number of hydrogen-bond donors (Lipinski definition) is 2. The molecule has 0 spiro atoms. The van der Waals surface area contributed by atoms with Crippen molar-refractivity contribution >= 4 is 28.5 Å². The first-order chi connectivity index (χ1) is 15.7. The average Bonchev–Trinajstić information content (AvgIpc) is 3.15. The number of esters is 1. The summed E-state index contributed by atoms with van der Waals surface area (Å²) in [4.78, 5) is 25.9. The van der Waals surface area contributed by atoms with Gasteiger partial charge in [-0.25, -0.2) is 4.79 Å². The zero-order valence-corrected chi connectivity index (χ0v) is 17.9. The van der Waals surface area contributed by atoms with Crippen LogP contribution in [0.15, 0.2) is 36.5 Å². The van der Waals surface area contributed by atoms with Crippen LogP contribution >= 0.6 is 0 Å². The Morgan fingerprint density at radius 3 is 2.06 bits per heavy atom. The fraction of sp³-hybridized carbons (Fsp3) is 0.273. The Hall–Kier alpha value is -3.70. The van der Waals surface area contributed by atoms with Crippen molar-refractivity contribution in [3.63, 3.8) is 0 Å². The lowest BCUT2D eigenvalue weighted by Crippen LogP contribution is -2.24. The molecule has 3 aromatic rings. The number of ether oxygens (including phenoxy) is 2. The summed E-state index contributed by atoms with van der Waals surface area (Å²) in [5.41, 5.74) is -3.07. The van der Waals surface area contributed by atoms with Gasteiger partial charge in [-0.15, -0.1) is 0 Å². The predicted molar refractivity (Wildman–Crippen MR) is 110 cm³/mol. The molecule has 1 amide bonds. The first-order valence-electron chi connectivity index (χ1n) is 9.73. The number of carbonyl (C=O) groups is 2. The summed E-state index contributed by atoms with van der Waals surface area (Å²) >= 11 is 0. The number of nitrogens with one attached hydrogen (secondary N) is 2. The van der Waals surface area contributed by atoms with Crippen LogP contribution in [0.3, 0.4) is 0 Å². The topological polar surface area (TPSA) is 80.4 Å². The van der Waals surface area contributed by atoms with Gasteiger partial charge >= 0.3 is 24.2 Å². The molecule has 182 valence electrons. The molecule has 0 aliphatic heterocycles. The summed E-state index contributed by atoms with van der Waals surface area (Å²) in [6.07, 6.45) is -8.88. The van der Waals surface area contributed by atoms with E-state index in [0.717, 1.165) is 12.7 Å². The van der Waals surface area contributed by atoms with Crippen LogP contribution in [0.4, 0.5) is 32.0 Å². The number of fused-ring (bicyclic) bond motifs is 1. The van der Waals surface area contributed by atoms with Crippen molar-refractivity contribution in [1.29, 1.82) is 0 Å². The highest BCUT2D eigenvalue weighted by Gasteiger charge is 2.43. The maximum absolute atomic E-state index is 13.8. The van der Waals surface area contributed by atoms with Crippen LogP contribution in [0.25, 0.3) is 10.9 Å². The van der Waals surface area contributed by atoms with Gasteiger partial charge in [0, 0.05) is 22.8 Å². The van der Waals surface area contributed by atoms with Crippen molar-refractivity contribution in [3.05, 3.63) is 53.2 Å². The Morgan fingerprint density at radius 2 is 1.56 bits per heavy atom. The molecule has 34 heavy (non-hydrogen) atoms. The summed E-state index contributed by atoms with van der Waals surface area (Å²) in [6, 6.07) is 4.55. The monoisotopic (exact) mass is 488 g/mol. The van der Waals surface area contributed by atoms with Gasteiger partial charge in [0.25, 0.3) is 0 Å². The number of methoxy groups -OCH3 is 1. The number of hydrogen-bond acceptors (Lipinski definition) is 4. The lowest BCUT2D eigenvalue weighted by atomic mass is 10.0. The van der Waals surface area contributed by atoms with E-state index in [0.29, 0.717) is 10.9 Å². The first kappa shape index (κ1) is 24.9. The molecule has 12 heteroatoms. The van der Waals surface area contributed by atoms with Gasteiger partial charge in [0.2, 0.25) is 0 Å². The number of carbonyl (C=O) groups excluding carboxylic acids is 2. The number of aromatic nitrogens is 1. The summed E-state index contributed by atoms with van der Waals surface area (Å²) in [6.45, 7) is 3.75. The lowest BCUT2D eigenvalue weighted by Gasteiger charge is -2.21. The summed E-state index contributed by atoms with van der Waals surface area (Å²) in [7, 11) is 0.827. The molecule has 0 atom stereocenters. The van der Waals surface area contributed by atoms with Gasteiger partial charge in [0.05, 0.1) is 7.11 Å². The number of anilines is 1. The van der Waals surface area contributed by atoms with Gasteiger partial charge in [-0.05, 0) is 41.8 Å². The van der Waals surface area contributed by atoms with Crippen molar-refractivity contribution in [2.75, 3.05) is 12.4 Å². The second kappa shape index (κ2) is 8.92. The van der Waals surface area contributed by atoms with Gasteiger partial charge < -0.3 is 19.8 Å². The molecule has 0 aliphatic rings. The Bertz CT molecular complexity index is 1210. The van der Waals surface area contributed by atoms with Crippen molar-refractivity contribution in [2.45, 2.75) is 32.1 Å². The van der Waals surface area contributed by atoms with Gasteiger partial charge in [0.1, 0.15) is 16.9 Å². The fourth-order valence-electron chi connectivity index (χ4n) is 3.29. The molecular weight excluding hydrogens is 470 g/mol. The molecule has 3 rings (SSSR count). The van der Waals surface area contributed by atoms with E-state index in [-0.39, 0.29) is 23.8 Å². The normalized spacial score (nSPS) is 12.2. The van der Waals surface area contributed by atoms with Crippen molar-refractivity contribution in [2.24, 2.45) is 0 Å². The van der Waals surface area contributed by atoms with Crippen LogP contribution in [0.5, 0.6) is 11.5 Å². The van der Waals surface area contributed by atoms with Crippen LogP contribution in [0.1, 0.15) is 36.5 Å². The van der Waals surface area contributed by atoms with Gasteiger partial charge in [0.15, 0.2) is 5.75 Å². The smallest absolute Gasteiger partial charge is 0.420 e. The van der Waals surface area contributed by atoms with Crippen LogP contribution in [0, 0.1) is 0 Å². The molecule has 0 radical (unpaired) electrons. The van der Waals surface area contributed by atoms with E-state index < -0.39 is 46.8 Å². The molecule has 2 N–H and O–H groups in total. The number of halogens is 6. The molecule has 0 unspecified atom stereocenters. The minimum Gasteiger partial charge on any atom is -0.462 e. The highest BCUT2D eigenvalue weighted by molar-refractivity contribution is 6.37. The second-order valence-corrected chi connectivity index (χ2v) is 7.55. The maximum atomic E-state index is 13.8. The predicted octanol–water partition coefficient (Wildman–Crippen LogP) is 6.23. The molecule has 0 aliphatic carbocycles. The minimum absolute atomic E-state index is 0.0261. The Kier molecular flexibility index (Phi) is 6.54. The Balaban J connectivity index is 2.17. The molecular formula is C22H18F6N2O4. The zero-order valence-electron chi connectivity index (χ0n) is 17.9. The van der Waals surface area contributed by atoms with E-state index in [2.05, 4.69) is 9.72 Å². The van der Waals surface area contributed by atoms with E-state index in [9.17, 15) is 35.9 Å². The van der Waals surface area contributed by atoms with E-state index >= 15 is 0 Å². The minimum atomic E-state index is -5.29. The molecule has 6 nitrogen and oxygen atoms in total. The van der Waals surface area contributed by atoms with Gasteiger partial charge in [-0.2, -0.15) is 26.3 Å². The van der Waals surface area contributed by atoms with E-state index in [4.69, 9.17) is 4.74 Å². The van der Waals surface area contributed by atoms with Crippen molar-refractivity contribution in [3.8, 4) is 11.5 Å². The standard InChI is InChI=1S/C22H18F6N2O4/c1-10(2)14-9-29-17-5-4-12(8-13(14)17)34-18-15(21(23,24)25)6-11(7-16(18)22(26,27)28)30-19(31)20(32)33-3/h4-10,29H,1-3H3,(H,30,31). The highest BCUT2D eigenvalue weighted by Crippen LogP contribution is 2.47. The average molecular weight is 488 g/mol. The molecule has 1 aromatic heterocycles. The van der Waals surface area contributed by atoms with E-state index in [1.54, 1.807) is 11.5 Å². The van der Waals surface area contributed by atoms with Crippen LogP contribution in [-0.2, 0) is 26.7 Å². The fourth-order valence-corrected chi connectivity index (χ4v) is 3.29. The van der Waals surface area contributed by atoms with E-state index in [1.165, 1.54) is 18.2 Å². The maximum Gasteiger partial charge on any atom is 0.420 e. The number of alkyl halides is 6. The highest BCUT2D eigenvalue weighted by atomic mass is 19.4. The van der Waals surface area contributed by atoms with Crippen molar-refractivity contribution in [1.82, 2.24) is 4.98 Å². The lowest BCUT2D eigenvalue weighted by molar-refractivity contribution is -0.150. The Morgan fingerprint density at radius 1 is 0.971 bits per heavy atom. The van der Waals surface area contributed by atoms with Gasteiger partial charge in [-0.3, -0.25) is 4.79 Å². The second-order valence-electron chi connectivity index (χ2n) is 7.55. The largest absolute Gasteiger partial charge is 0.462 e. The van der Waals surface area contributed by atoms with Gasteiger partial charge in [-0.1, -0.05) is 13.8 Å².